The van der Waals surface area contributed by atoms with Crippen LogP contribution in [0.15, 0.2) is 18.2 Å². The Labute approximate surface area is 140 Å². The molecule has 0 aliphatic carbocycles. The third-order valence-corrected chi connectivity index (χ3v) is 4.94. The van der Waals surface area contributed by atoms with E-state index in [4.69, 9.17) is 23.2 Å². The zero-order valence-corrected chi connectivity index (χ0v) is 13.7. The molecule has 2 amide bonds. The largest absolute Gasteiger partial charge is 0.341 e. The van der Waals surface area contributed by atoms with Gasteiger partial charge in [0.25, 0.3) is 5.91 Å². The van der Waals surface area contributed by atoms with Crippen molar-refractivity contribution in [3.05, 3.63) is 33.8 Å². The van der Waals surface area contributed by atoms with Gasteiger partial charge < -0.3 is 9.80 Å². The van der Waals surface area contributed by atoms with Crippen LogP contribution in [0.5, 0.6) is 0 Å². The Hall–Kier alpha value is -1.26. The molecule has 0 aromatic heterocycles. The average Bonchev–Trinajstić information content (AvgIpc) is 3.19. The van der Waals surface area contributed by atoms with E-state index in [-0.39, 0.29) is 17.9 Å². The molecule has 2 fully saturated rings. The summed E-state index contributed by atoms with van der Waals surface area (Å²) in [6.45, 7) is 2.19. The van der Waals surface area contributed by atoms with Crippen molar-refractivity contribution in [1.82, 2.24) is 9.80 Å². The van der Waals surface area contributed by atoms with E-state index in [0.717, 1.165) is 38.8 Å². The van der Waals surface area contributed by atoms with Gasteiger partial charge >= 0.3 is 0 Å². The van der Waals surface area contributed by atoms with Crippen molar-refractivity contribution >= 4 is 35.0 Å². The Morgan fingerprint density at radius 3 is 2.50 bits per heavy atom. The van der Waals surface area contributed by atoms with Crippen molar-refractivity contribution in [3.8, 4) is 0 Å². The molecule has 2 aliphatic heterocycles. The van der Waals surface area contributed by atoms with E-state index in [2.05, 4.69) is 0 Å². The Bertz CT molecular complexity index is 600. The summed E-state index contributed by atoms with van der Waals surface area (Å²) in [6, 6.07) is 4.48. The van der Waals surface area contributed by atoms with Gasteiger partial charge in [0.2, 0.25) is 5.91 Å². The second-order valence-corrected chi connectivity index (χ2v) is 6.66. The van der Waals surface area contributed by atoms with E-state index >= 15 is 0 Å². The minimum Gasteiger partial charge on any atom is -0.341 e. The fourth-order valence-corrected chi connectivity index (χ4v) is 3.60. The third kappa shape index (κ3) is 2.95. The molecule has 0 radical (unpaired) electrons. The van der Waals surface area contributed by atoms with E-state index in [0.29, 0.717) is 22.2 Å². The highest BCUT2D eigenvalue weighted by molar-refractivity contribution is 6.35. The predicted molar refractivity (Wildman–Crippen MR) is 86.3 cm³/mol. The smallest absolute Gasteiger partial charge is 0.256 e. The standard InChI is InChI=1S/C16H18Cl2N2O2/c17-11-5-6-13(18)12(10-11)15(21)20-9-3-4-14(20)16(22)19-7-1-2-8-19/h5-6,10,14H,1-4,7-9H2. The third-order valence-electron chi connectivity index (χ3n) is 4.38. The molecule has 3 rings (SSSR count). The minimum atomic E-state index is -0.361. The topological polar surface area (TPSA) is 40.6 Å². The van der Waals surface area contributed by atoms with Gasteiger partial charge in [-0.2, -0.15) is 0 Å². The number of hydrogen-bond donors (Lipinski definition) is 0. The van der Waals surface area contributed by atoms with Crippen LogP contribution in [0, 0.1) is 0 Å². The maximum atomic E-state index is 12.8. The summed E-state index contributed by atoms with van der Waals surface area (Å²) in [5.41, 5.74) is 0.371. The van der Waals surface area contributed by atoms with Crippen LogP contribution in [-0.4, -0.2) is 47.3 Å². The number of benzene rings is 1. The maximum absolute atomic E-state index is 12.8. The summed E-state index contributed by atoms with van der Waals surface area (Å²) >= 11 is 12.1. The molecule has 1 unspecified atom stereocenters. The number of carbonyl (C=O) groups excluding carboxylic acids is 2. The summed E-state index contributed by atoms with van der Waals surface area (Å²) in [5, 5.41) is 0.836. The van der Waals surface area contributed by atoms with Gasteiger partial charge in [-0.3, -0.25) is 9.59 Å². The van der Waals surface area contributed by atoms with Crippen LogP contribution in [0.3, 0.4) is 0 Å². The zero-order valence-electron chi connectivity index (χ0n) is 12.2. The van der Waals surface area contributed by atoms with Crippen molar-refractivity contribution in [3.63, 3.8) is 0 Å². The number of likely N-dealkylation sites (tertiary alicyclic amines) is 2. The van der Waals surface area contributed by atoms with E-state index in [1.165, 1.54) is 0 Å². The lowest BCUT2D eigenvalue weighted by atomic mass is 10.1. The summed E-state index contributed by atoms with van der Waals surface area (Å²) in [6.07, 6.45) is 3.66. The lowest BCUT2D eigenvalue weighted by Crippen LogP contribution is -2.47. The summed E-state index contributed by atoms with van der Waals surface area (Å²) in [7, 11) is 0. The first kappa shape index (κ1) is 15.6. The molecule has 0 bridgehead atoms. The monoisotopic (exact) mass is 340 g/mol. The summed E-state index contributed by atoms with van der Waals surface area (Å²) < 4.78 is 0. The lowest BCUT2D eigenvalue weighted by molar-refractivity contribution is -0.134. The summed E-state index contributed by atoms with van der Waals surface area (Å²) in [5.74, 6) is -0.135. The van der Waals surface area contributed by atoms with Crippen LogP contribution in [0.4, 0.5) is 0 Å². The summed E-state index contributed by atoms with van der Waals surface area (Å²) in [4.78, 5) is 28.9. The first-order valence-electron chi connectivity index (χ1n) is 7.63. The van der Waals surface area contributed by atoms with Crippen molar-refractivity contribution in [2.75, 3.05) is 19.6 Å². The molecule has 4 nitrogen and oxygen atoms in total. The molecule has 1 aromatic rings. The molecule has 2 saturated heterocycles. The Kier molecular flexibility index (Phi) is 4.59. The van der Waals surface area contributed by atoms with Crippen LogP contribution in [-0.2, 0) is 4.79 Å². The molecule has 6 heteroatoms. The second-order valence-electron chi connectivity index (χ2n) is 5.81. The zero-order chi connectivity index (χ0) is 15.7. The van der Waals surface area contributed by atoms with Crippen molar-refractivity contribution < 1.29 is 9.59 Å². The number of rotatable bonds is 2. The van der Waals surface area contributed by atoms with E-state index in [9.17, 15) is 9.59 Å². The van der Waals surface area contributed by atoms with Crippen molar-refractivity contribution in [2.45, 2.75) is 31.7 Å². The van der Waals surface area contributed by atoms with Gasteiger partial charge in [0.15, 0.2) is 0 Å². The van der Waals surface area contributed by atoms with Gasteiger partial charge in [0, 0.05) is 24.7 Å². The quantitative estimate of drug-likeness (QED) is 0.829. The van der Waals surface area contributed by atoms with Crippen LogP contribution in [0.25, 0.3) is 0 Å². The number of halogens is 2. The molecule has 0 saturated carbocycles. The Morgan fingerprint density at radius 1 is 1.05 bits per heavy atom. The van der Waals surface area contributed by atoms with Crippen LogP contribution >= 0.6 is 23.2 Å². The fraction of sp³-hybridized carbons (Fsp3) is 0.500. The van der Waals surface area contributed by atoms with Crippen LogP contribution < -0.4 is 0 Å². The van der Waals surface area contributed by atoms with E-state index < -0.39 is 0 Å². The lowest BCUT2D eigenvalue weighted by Gasteiger charge is -2.28. The molecule has 2 heterocycles. The Morgan fingerprint density at radius 2 is 1.77 bits per heavy atom. The highest BCUT2D eigenvalue weighted by atomic mass is 35.5. The van der Waals surface area contributed by atoms with Crippen LogP contribution in [0.1, 0.15) is 36.0 Å². The van der Waals surface area contributed by atoms with Gasteiger partial charge in [-0.1, -0.05) is 23.2 Å². The van der Waals surface area contributed by atoms with Crippen LogP contribution in [0.2, 0.25) is 10.0 Å². The molecule has 2 aliphatic rings. The van der Waals surface area contributed by atoms with Gasteiger partial charge in [-0.05, 0) is 43.9 Å². The average molecular weight is 341 g/mol. The molecule has 22 heavy (non-hydrogen) atoms. The first-order chi connectivity index (χ1) is 10.6. The highest BCUT2D eigenvalue weighted by Crippen LogP contribution is 2.27. The number of carbonyl (C=O) groups is 2. The highest BCUT2D eigenvalue weighted by Gasteiger charge is 2.37. The first-order valence-corrected chi connectivity index (χ1v) is 8.38. The maximum Gasteiger partial charge on any atom is 0.256 e. The molecular formula is C16H18Cl2N2O2. The molecule has 118 valence electrons. The second kappa shape index (κ2) is 6.47. The Balaban J connectivity index is 1.81. The fourth-order valence-electron chi connectivity index (χ4n) is 3.23. The number of hydrogen-bond acceptors (Lipinski definition) is 2. The van der Waals surface area contributed by atoms with Crippen molar-refractivity contribution in [1.29, 1.82) is 0 Å². The van der Waals surface area contributed by atoms with E-state index in [1.807, 2.05) is 4.90 Å². The molecule has 1 atom stereocenters. The van der Waals surface area contributed by atoms with Gasteiger partial charge in [0.1, 0.15) is 6.04 Å². The van der Waals surface area contributed by atoms with Gasteiger partial charge in [-0.15, -0.1) is 0 Å². The predicted octanol–water partition coefficient (Wildman–Crippen LogP) is 3.22. The van der Waals surface area contributed by atoms with Crippen molar-refractivity contribution in [2.24, 2.45) is 0 Å². The minimum absolute atomic E-state index is 0.0708. The number of nitrogens with zero attached hydrogens (tertiary/aromatic N) is 2. The van der Waals surface area contributed by atoms with E-state index in [1.54, 1.807) is 23.1 Å². The molecule has 1 aromatic carbocycles. The molecule has 0 spiro atoms. The molecule has 0 N–H and O–H groups in total. The molecular weight excluding hydrogens is 323 g/mol. The number of amides is 2. The van der Waals surface area contributed by atoms with Gasteiger partial charge in [-0.25, -0.2) is 0 Å². The normalized spacial score (nSPS) is 21.5. The SMILES string of the molecule is O=C(C1CCCN1C(=O)c1cc(Cl)ccc1Cl)N1CCCC1. The van der Waals surface area contributed by atoms with Gasteiger partial charge in [0.05, 0.1) is 10.6 Å².